The van der Waals surface area contributed by atoms with Crippen LogP contribution >= 0.6 is 0 Å². The molecule has 156 valence electrons. The van der Waals surface area contributed by atoms with Crippen LogP contribution in [0.1, 0.15) is 31.7 Å². The molecule has 2 aliphatic heterocycles. The van der Waals surface area contributed by atoms with E-state index >= 15 is 0 Å². The lowest BCUT2D eigenvalue weighted by molar-refractivity contribution is -0.164. The van der Waals surface area contributed by atoms with Gasteiger partial charge < -0.3 is 9.64 Å². The molecule has 0 saturated carbocycles. The molecule has 0 bridgehead atoms. The summed E-state index contributed by atoms with van der Waals surface area (Å²) in [7, 11) is -2.26. The van der Waals surface area contributed by atoms with E-state index in [0.717, 1.165) is 9.87 Å². The molecule has 6 nitrogen and oxygen atoms in total. The Hall–Kier alpha value is -1.74. The minimum atomic E-state index is -3.81. The first-order valence-electron chi connectivity index (χ1n) is 9.39. The number of methoxy groups -OCH3 is 1. The molecule has 0 radical (unpaired) electrons. The largest absolute Gasteiger partial charge is 0.497 e. The average Bonchev–Trinajstić information content (AvgIpc) is 2.64. The SMILES string of the molecule is CCS(=O)(=O)N1CC(F)(F)C[C@]2(CCCN(Cc3cccc(OC)c3)C2=O)C1. The molecule has 1 amide bonds. The van der Waals surface area contributed by atoms with Gasteiger partial charge in [0.2, 0.25) is 15.9 Å². The van der Waals surface area contributed by atoms with Crippen LogP contribution in [-0.2, 0) is 21.4 Å². The number of amides is 1. The Bertz CT molecular complexity index is 846. The van der Waals surface area contributed by atoms with Crippen LogP contribution in [0.5, 0.6) is 5.75 Å². The summed E-state index contributed by atoms with van der Waals surface area (Å²) < 4.78 is 59.5. The quantitative estimate of drug-likeness (QED) is 0.740. The van der Waals surface area contributed by atoms with Gasteiger partial charge in [-0.1, -0.05) is 12.1 Å². The molecular weight excluding hydrogens is 390 g/mol. The van der Waals surface area contributed by atoms with Gasteiger partial charge in [0.1, 0.15) is 5.75 Å². The first kappa shape index (κ1) is 21.0. The molecule has 2 heterocycles. The number of benzene rings is 1. The van der Waals surface area contributed by atoms with Gasteiger partial charge in [0, 0.05) is 26.1 Å². The number of piperidine rings is 2. The van der Waals surface area contributed by atoms with Gasteiger partial charge in [0.15, 0.2) is 0 Å². The predicted octanol–water partition coefficient (Wildman–Crippen LogP) is 2.49. The third-order valence-corrected chi connectivity index (χ3v) is 7.35. The molecule has 1 spiro atoms. The highest BCUT2D eigenvalue weighted by atomic mass is 32.2. The molecule has 9 heteroatoms. The summed E-state index contributed by atoms with van der Waals surface area (Å²) in [6.07, 6.45) is 0.223. The zero-order valence-corrected chi connectivity index (χ0v) is 17.0. The number of likely N-dealkylation sites (tertiary alicyclic amines) is 1. The first-order chi connectivity index (χ1) is 13.1. The summed E-state index contributed by atoms with van der Waals surface area (Å²) in [5.41, 5.74) is -0.536. The number of hydrogen-bond donors (Lipinski definition) is 0. The molecule has 2 fully saturated rings. The monoisotopic (exact) mass is 416 g/mol. The molecule has 0 aliphatic carbocycles. The fourth-order valence-electron chi connectivity index (χ4n) is 4.24. The molecule has 1 atom stereocenters. The maximum absolute atomic E-state index is 14.5. The molecule has 3 rings (SSSR count). The summed E-state index contributed by atoms with van der Waals surface area (Å²) in [6, 6.07) is 7.25. The Morgan fingerprint density at radius 3 is 2.68 bits per heavy atom. The smallest absolute Gasteiger partial charge is 0.262 e. The van der Waals surface area contributed by atoms with E-state index in [-0.39, 0.29) is 25.3 Å². The molecule has 1 aromatic carbocycles. The van der Waals surface area contributed by atoms with Gasteiger partial charge in [-0.25, -0.2) is 17.2 Å². The molecule has 0 N–H and O–H groups in total. The maximum Gasteiger partial charge on any atom is 0.262 e. The molecule has 2 aliphatic rings. The summed E-state index contributed by atoms with van der Waals surface area (Å²) in [5.74, 6) is -3.23. The highest BCUT2D eigenvalue weighted by molar-refractivity contribution is 7.89. The van der Waals surface area contributed by atoms with E-state index in [1.54, 1.807) is 24.1 Å². The van der Waals surface area contributed by atoms with Crippen LogP contribution in [-0.4, -0.2) is 61.9 Å². The topological polar surface area (TPSA) is 66.9 Å². The van der Waals surface area contributed by atoms with Crippen LogP contribution in [0.25, 0.3) is 0 Å². The van der Waals surface area contributed by atoms with Crippen LogP contribution in [0.4, 0.5) is 8.78 Å². The van der Waals surface area contributed by atoms with Crippen LogP contribution < -0.4 is 4.74 Å². The Morgan fingerprint density at radius 2 is 2.00 bits per heavy atom. The molecule has 2 saturated heterocycles. The fraction of sp³-hybridized carbons (Fsp3) is 0.632. The van der Waals surface area contributed by atoms with Crippen molar-refractivity contribution < 1.29 is 26.7 Å². The number of sulfonamides is 1. The predicted molar refractivity (Wildman–Crippen MR) is 101 cm³/mol. The van der Waals surface area contributed by atoms with Crippen molar-refractivity contribution in [1.82, 2.24) is 9.21 Å². The second-order valence-electron chi connectivity index (χ2n) is 7.66. The highest BCUT2D eigenvalue weighted by Crippen LogP contribution is 2.46. The van der Waals surface area contributed by atoms with E-state index in [1.807, 2.05) is 12.1 Å². The number of carbonyl (C=O) groups excluding carboxylic acids is 1. The highest BCUT2D eigenvalue weighted by Gasteiger charge is 2.56. The average molecular weight is 416 g/mol. The van der Waals surface area contributed by atoms with Gasteiger partial charge in [-0.2, -0.15) is 4.31 Å². The zero-order valence-electron chi connectivity index (χ0n) is 16.2. The third-order valence-electron chi connectivity index (χ3n) is 5.57. The number of carbonyl (C=O) groups is 1. The lowest BCUT2D eigenvalue weighted by Crippen LogP contribution is -2.61. The Labute approximate surface area is 164 Å². The van der Waals surface area contributed by atoms with E-state index in [9.17, 15) is 22.0 Å². The second-order valence-corrected chi connectivity index (χ2v) is 9.92. The Balaban J connectivity index is 1.87. The van der Waals surface area contributed by atoms with E-state index in [4.69, 9.17) is 4.74 Å². The molecule has 0 unspecified atom stereocenters. The maximum atomic E-state index is 14.5. The van der Waals surface area contributed by atoms with Crippen LogP contribution in [0.15, 0.2) is 24.3 Å². The van der Waals surface area contributed by atoms with E-state index in [0.29, 0.717) is 18.7 Å². The van der Waals surface area contributed by atoms with Gasteiger partial charge in [-0.05, 0) is 37.5 Å². The molecule has 0 aromatic heterocycles. The lowest BCUT2D eigenvalue weighted by atomic mass is 9.72. The van der Waals surface area contributed by atoms with Gasteiger partial charge >= 0.3 is 0 Å². The number of alkyl halides is 2. The van der Waals surface area contributed by atoms with Gasteiger partial charge in [-0.15, -0.1) is 0 Å². The Kier molecular flexibility index (Phi) is 5.69. The van der Waals surface area contributed by atoms with Gasteiger partial charge in [0.05, 0.1) is 24.8 Å². The fourth-order valence-corrected chi connectivity index (χ4v) is 5.44. The van der Waals surface area contributed by atoms with Crippen molar-refractivity contribution in [1.29, 1.82) is 0 Å². The Morgan fingerprint density at radius 1 is 1.25 bits per heavy atom. The van der Waals surface area contributed by atoms with Crippen molar-refractivity contribution >= 4 is 15.9 Å². The summed E-state index contributed by atoms with van der Waals surface area (Å²) >= 11 is 0. The molecule has 1 aromatic rings. The normalized spacial score (nSPS) is 25.9. The van der Waals surface area contributed by atoms with Crippen molar-refractivity contribution in [2.24, 2.45) is 5.41 Å². The third kappa shape index (κ3) is 4.15. The van der Waals surface area contributed by atoms with Crippen molar-refractivity contribution in [2.45, 2.75) is 38.7 Å². The van der Waals surface area contributed by atoms with Crippen LogP contribution in [0, 0.1) is 5.41 Å². The van der Waals surface area contributed by atoms with Crippen LogP contribution in [0.2, 0.25) is 0 Å². The van der Waals surface area contributed by atoms with E-state index in [1.165, 1.54) is 6.92 Å². The summed E-state index contributed by atoms with van der Waals surface area (Å²) in [6.45, 7) is 1.14. The zero-order chi connectivity index (χ0) is 20.6. The van der Waals surface area contributed by atoms with E-state index < -0.39 is 40.2 Å². The minimum Gasteiger partial charge on any atom is -0.497 e. The van der Waals surface area contributed by atoms with Crippen LogP contribution in [0.3, 0.4) is 0 Å². The van der Waals surface area contributed by atoms with Gasteiger partial charge in [-0.3, -0.25) is 4.79 Å². The van der Waals surface area contributed by atoms with Crippen molar-refractivity contribution in [2.75, 3.05) is 32.5 Å². The number of rotatable bonds is 5. The summed E-state index contributed by atoms with van der Waals surface area (Å²) in [4.78, 5) is 14.8. The second kappa shape index (κ2) is 7.59. The molecule has 28 heavy (non-hydrogen) atoms. The number of ether oxygens (including phenoxy) is 1. The number of hydrogen-bond acceptors (Lipinski definition) is 4. The van der Waals surface area contributed by atoms with Gasteiger partial charge in [0.25, 0.3) is 5.92 Å². The molecular formula is C19H26F2N2O4S. The number of halogens is 2. The van der Waals surface area contributed by atoms with Crippen molar-refractivity contribution in [3.63, 3.8) is 0 Å². The summed E-state index contributed by atoms with van der Waals surface area (Å²) in [5, 5.41) is 0. The van der Waals surface area contributed by atoms with E-state index in [2.05, 4.69) is 0 Å². The lowest BCUT2D eigenvalue weighted by Gasteiger charge is -2.48. The van der Waals surface area contributed by atoms with Crippen molar-refractivity contribution in [3.05, 3.63) is 29.8 Å². The number of nitrogens with zero attached hydrogens (tertiary/aromatic N) is 2. The minimum absolute atomic E-state index is 0.174. The first-order valence-corrected chi connectivity index (χ1v) is 11.0. The standard InChI is InChI=1S/C19H26F2N2O4S/c1-3-28(25,26)23-13-18(12-19(20,21)14-23)8-5-9-22(17(18)24)11-15-6-4-7-16(10-15)27-2/h4,6-7,10H,3,5,8-9,11-14H2,1-2H3/t18-/m1/s1. The van der Waals surface area contributed by atoms with Crippen molar-refractivity contribution in [3.8, 4) is 5.75 Å².